The van der Waals surface area contributed by atoms with E-state index in [9.17, 15) is 5.11 Å². The van der Waals surface area contributed by atoms with Crippen LogP contribution in [0.4, 0.5) is 0 Å². The summed E-state index contributed by atoms with van der Waals surface area (Å²) >= 11 is 0. The second-order valence-corrected chi connectivity index (χ2v) is 6.49. The molecule has 0 radical (unpaired) electrons. The first kappa shape index (κ1) is 16.2. The first-order valence-corrected chi connectivity index (χ1v) is 8.03. The van der Waals surface area contributed by atoms with Crippen LogP contribution in [0, 0.1) is 13.8 Å². The van der Waals surface area contributed by atoms with Gasteiger partial charge in [-0.05, 0) is 19.4 Å². The van der Waals surface area contributed by atoms with Crippen molar-refractivity contribution in [2.45, 2.75) is 32.4 Å². The van der Waals surface area contributed by atoms with Gasteiger partial charge in [0.15, 0.2) is 0 Å². The van der Waals surface area contributed by atoms with E-state index in [-0.39, 0.29) is 6.61 Å². The minimum absolute atomic E-state index is 0.00915. The summed E-state index contributed by atoms with van der Waals surface area (Å²) in [5.74, 6) is 0.821. The molecular formula is C18H24N2O3. The number of aliphatic hydroxyl groups excluding tert-OH is 1. The first-order chi connectivity index (χ1) is 11.1. The van der Waals surface area contributed by atoms with Crippen LogP contribution in [0.3, 0.4) is 0 Å². The van der Waals surface area contributed by atoms with Gasteiger partial charge in [0.2, 0.25) is 0 Å². The van der Waals surface area contributed by atoms with Crippen LogP contribution in [0.25, 0.3) is 0 Å². The molecular weight excluding hydrogens is 292 g/mol. The lowest BCUT2D eigenvalue weighted by Gasteiger charge is -2.41. The van der Waals surface area contributed by atoms with Crippen LogP contribution in [-0.4, -0.2) is 47.1 Å². The summed E-state index contributed by atoms with van der Waals surface area (Å²) in [6, 6.07) is 10.4. The van der Waals surface area contributed by atoms with Gasteiger partial charge in [-0.3, -0.25) is 4.90 Å². The Morgan fingerprint density at radius 1 is 1.26 bits per heavy atom. The van der Waals surface area contributed by atoms with Gasteiger partial charge >= 0.3 is 0 Å². The molecule has 1 aromatic heterocycles. The molecule has 1 aromatic carbocycles. The Morgan fingerprint density at radius 2 is 2.04 bits per heavy atom. The number of aromatic nitrogens is 1. The molecule has 2 aromatic rings. The van der Waals surface area contributed by atoms with Gasteiger partial charge in [-0.15, -0.1) is 0 Å². The number of hydrogen-bond acceptors (Lipinski definition) is 5. The van der Waals surface area contributed by atoms with Crippen molar-refractivity contribution in [1.82, 2.24) is 10.1 Å². The van der Waals surface area contributed by atoms with Crippen LogP contribution in [0.1, 0.15) is 22.6 Å². The number of nitrogens with zero attached hydrogens (tertiary/aromatic N) is 2. The molecule has 0 saturated carbocycles. The Balaban J connectivity index is 1.69. The van der Waals surface area contributed by atoms with E-state index in [4.69, 9.17) is 9.26 Å². The minimum Gasteiger partial charge on any atom is -0.393 e. The highest BCUT2D eigenvalue weighted by molar-refractivity contribution is 5.23. The highest BCUT2D eigenvalue weighted by atomic mass is 16.5. The molecule has 0 aliphatic carbocycles. The number of morpholine rings is 1. The van der Waals surface area contributed by atoms with Crippen molar-refractivity contribution in [1.29, 1.82) is 0 Å². The molecule has 1 aliphatic rings. The van der Waals surface area contributed by atoms with Crippen molar-refractivity contribution < 1.29 is 14.4 Å². The normalized spacial score (nSPS) is 22.4. The summed E-state index contributed by atoms with van der Waals surface area (Å²) in [7, 11) is 0. The molecule has 1 unspecified atom stereocenters. The Bertz CT molecular complexity index is 638. The van der Waals surface area contributed by atoms with E-state index in [1.54, 1.807) is 0 Å². The Labute approximate surface area is 136 Å². The zero-order chi connectivity index (χ0) is 16.3. The third-order valence-electron chi connectivity index (χ3n) is 4.32. The third kappa shape index (κ3) is 3.99. The topological polar surface area (TPSA) is 58.7 Å². The molecule has 1 N–H and O–H groups in total. The fourth-order valence-corrected chi connectivity index (χ4v) is 3.12. The van der Waals surface area contributed by atoms with Gasteiger partial charge in [0, 0.05) is 32.1 Å². The average Bonchev–Trinajstić information content (AvgIpc) is 2.95. The van der Waals surface area contributed by atoms with E-state index >= 15 is 0 Å². The van der Waals surface area contributed by atoms with Crippen LogP contribution in [0.15, 0.2) is 34.9 Å². The van der Waals surface area contributed by atoms with Crippen molar-refractivity contribution in [2.24, 2.45) is 0 Å². The van der Waals surface area contributed by atoms with E-state index < -0.39 is 5.60 Å². The van der Waals surface area contributed by atoms with Gasteiger partial charge in [0.25, 0.3) is 0 Å². The Kier molecular flexibility index (Phi) is 4.80. The van der Waals surface area contributed by atoms with E-state index in [2.05, 4.69) is 41.2 Å². The number of aliphatic hydroxyl groups is 1. The van der Waals surface area contributed by atoms with Gasteiger partial charge in [-0.2, -0.15) is 0 Å². The molecule has 124 valence electrons. The Hall–Kier alpha value is -1.69. The average molecular weight is 316 g/mol. The Morgan fingerprint density at radius 3 is 2.70 bits per heavy atom. The van der Waals surface area contributed by atoms with Crippen LogP contribution >= 0.6 is 0 Å². The summed E-state index contributed by atoms with van der Waals surface area (Å²) in [6.07, 6.45) is 0.706. The fraction of sp³-hybridized carbons (Fsp3) is 0.500. The largest absolute Gasteiger partial charge is 0.393 e. The van der Waals surface area contributed by atoms with Crippen LogP contribution in [-0.2, 0) is 17.7 Å². The number of benzene rings is 1. The lowest BCUT2D eigenvalue weighted by molar-refractivity contribution is -0.134. The maximum Gasteiger partial charge on any atom is 0.133 e. The van der Waals surface area contributed by atoms with Crippen LogP contribution in [0.2, 0.25) is 0 Å². The SMILES string of the molecule is Cc1ccc(CC2(CO)CN(Cc3cc(C)on3)CCO2)cc1. The van der Waals surface area contributed by atoms with Crippen molar-refractivity contribution >= 4 is 0 Å². The van der Waals surface area contributed by atoms with Crippen molar-refractivity contribution in [3.05, 3.63) is 52.9 Å². The smallest absolute Gasteiger partial charge is 0.133 e. The van der Waals surface area contributed by atoms with E-state index in [0.29, 0.717) is 19.6 Å². The van der Waals surface area contributed by atoms with Gasteiger partial charge in [-0.1, -0.05) is 35.0 Å². The quantitative estimate of drug-likeness (QED) is 0.915. The summed E-state index contributed by atoms with van der Waals surface area (Å²) in [6.45, 7) is 6.83. The predicted molar refractivity (Wildman–Crippen MR) is 87.2 cm³/mol. The van der Waals surface area contributed by atoms with Gasteiger partial charge in [-0.25, -0.2) is 0 Å². The second-order valence-electron chi connectivity index (χ2n) is 6.49. The molecule has 5 nitrogen and oxygen atoms in total. The highest BCUT2D eigenvalue weighted by Crippen LogP contribution is 2.24. The molecule has 1 saturated heterocycles. The maximum absolute atomic E-state index is 9.96. The lowest BCUT2D eigenvalue weighted by Crippen LogP contribution is -2.55. The second kappa shape index (κ2) is 6.83. The zero-order valence-corrected chi connectivity index (χ0v) is 13.8. The predicted octanol–water partition coefficient (Wildman–Crippen LogP) is 2.10. The van der Waals surface area contributed by atoms with Crippen LogP contribution < -0.4 is 0 Å². The number of aryl methyl sites for hydroxylation is 2. The van der Waals surface area contributed by atoms with Gasteiger partial charge < -0.3 is 14.4 Å². The maximum atomic E-state index is 9.96. The van der Waals surface area contributed by atoms with Crippen molar-refractivity contribution in [3.8, 4) is 0 Å². The fourth-order valence-electron chi connectivity index (χ4n) is 3.12. The molecule has 0 bridgehead atoms. The van der Waals surface area contributed by atoms with Gasteiger partial charge in [0.05, 0.1) is 18.9 Å². The van der Waals surface area contributed by atoms with Gasteiger partial charge in [0.1, 0.15) is 11.4 Å². The molecule has 1 fully saturated rings. The molecule has 2 heterocycles. The molecule has 23 heavy (non-hydrogen) atoms. The summed E-state index contributed by atoms with van der Waals surface area (Å²) in [4.78, 5) is 2.27. The molecule has 5 heteroatoms. The van der Waals surface area contributed by atoms with Crippen LogP contribution in [0.5, 0.6) is 0 Å². The minimum atomic E-state index is -0.549. The first-order valence-electron chi connectivity index (χ1n) is 8.03. The summed E-state index contributed by atoms with van der Waals surface area (Å²) < 4.78 is 11.1. The van der Waals surface area contributed by atoms with Crippen molar-refractivity contribution in [3.63, 3.8) is 0 Å². The molecule has 1 aliphatic heterocycles. The molecule has 0 spiro atoms. The molecule has 0 amide bonds. The zero-order valence-electron chi connectivity index (χ0n) is 13.8. The summed E-state index contributed by atoms with van der Waals surface area (Å²) in [5.41, 5.74) is 2.79. The third-order valence-corrected chi connectivity index (χ3v) is 4.32. The monoisotopic (exact) mass is 316 g/mol. The van der Waals surface area contributed by atoms with E-state index in [0.717, 1.165) is 24.5 Å². The van der Waals surface area contributed by atoms with E-state index in [1.165, 1.54) is 11.1 Å². The number of ether oxygens (including phenoxy) is 1. The van der Waals surface area contributed by atoms with E-state index in [1.807, 2.05) is 13.0 Å². The lowest BCUT2D eigenvalue weighted by atomic mass is 9.92. The number of rotatable bonds is 5. The standard InChI is InChI=1S/C18H24N2O3/c1-14-3-5-16(6-4-14)10-18(13-21)12-20(7-8-22-18)11-17-9-15(2)23-19-17/h3-6,9,21H,7-8,10-13H2,1-2H3. The summed E-state index contributed by atoms with van der Waals surface area (Å²) in [5, 5.41) is 14.0. The van der Waals surface area contributed by atoms with Crippen molar-refractivity contribution in [2.75, 3.05) is 26.3 Å². The number of hydrogen-bond donors (Lipinski definition) is 1. The highest BCUT2D eigenvalue weighted by Gasteiger charge is 2.36. The molecule has 3 rings (SSSR count). The molecule has 1 atom stereocenters.